The summed E-state index contributed by atoms with van der Waals surface area (Å²) in [6, 6.07) is 0. The van der Waals surface area contributed by atoms with Gasteiger partial charge in [-0.15, -0.1) is 0 Å². The summed E-state index contributed by atoms with van der Waals surface area (Å²) in [7, 11) is 1.50. The second kappa shape index (κ2) is 7.45. The van der Waals surface area contributed by atoms with E-state index in [1.165, 1.54) is 7.05 Å². The van der Waals surface area contributed by atoms with Crippen LogP contribution in [0.1, 0.15) is 65.7 Å². The van der Waals surface area contributed by atoms with Crippen LogP contribution in [0.25, 0.3) is 0 Å². The highest BCUT2D eigenvalue weighted by Gasteiger charge is 2.39. The Bertz CT molecular complexity index is 542. The molecule has 0 spiro atoms. The van der Waals surface area contributed by atoms with Crippen LogP contribution in [0.4, 0.5) is 4.79 Å². The van der Waals surface area contributed by atoms with E-state index in [2.05, 4.69) is 5.10 Å². The van der Waals surface area contributed by atoms with Crippen molar-refractivity contribution in [3.05, 3.63) is 0 Å². The number of nitrogens with zero attached hydrogens (tertiary/aromatic N) is 2. The van der Waals surface area contributed by atoms with E-state index in [0.717, 1.165) is 30.7 Å². The van der Waals surface area contributed by atoms with Gasteiger partial charge in [0.1, 0.15) is 17.3 Å². The quantitative estimate of drug-likeness (QED) is 0.585. The Morgan fingerprint density at radius 2 is 1.75 bits per heavy atom. The predicted molar refractivity (Wildman–Crippen MR) is 90.7 cm³/mol. The summed E-state index contributed by atoms with van der Waals surface area (Å²) in [4.78, 5) is 37.2. The van der Waals surface area contributed by atoms with Crippen molar-refractivity contribution in [2.45, 2.75) is 71.3 Å². The van der Waals surface area contributed by atoms with Gasteiger partial charge in [0.15, 0.2) is 5.78 Å². The van der Waals surface area contributed by atoms with Crippen molar-refractivity contribution in [3.8, 4) is 0 Å². The summed E-state index contributed by atoms with van der Waals surface area (Å²) in [6.45, 7) is 5.34. The van der Waals surface area contributed by atoms with Crippen LogP contribution in [-0.2, 0) is 14.3 Å². The number of ketones is 2. The highest BCUT2D eigenvalue weighted by Crippen LogP contribution is 2.31. The molecule has 2 aliphatic rings. The molecule has 0 aromatic rings. The number of carbonyl (C=O) groups is 3. The molecule has 6 nitrogen and oxygen atoms in total. The second-order valence-corrected chi connectivity index (χ2v) is 7.73. The summed E-state index contributed by atoms with van der Waals surface area (Å²) < 4.78 is 5.27. The van der Waals surface area contributed by atoms with Gasteiger partial charge in [-0.1, -0.05) is 12.8 Å². The van der Waals surface area contributed by atoms with E-state index < -0.39 is 17.6 Å². The van der Waals surface area contributed by atoms with Gasteiger partial charge < -0.3 is 4.74 Å². The number of ether oxygens (including phenoxy) is 1. The fraction of sp³-hybridized carbons (Fsp3) is 0.778. The first-order chi connectivity index (χ1) is 11.2. The molecule has 0 saturated heterocycles. The third-order valence-corrected chi connectivity index (χ3v) is 4.49. The highest BCUT2D eigenvalue weighted by atomic mass is 16.6. The van der Waals surface area contributed by atoms with Crippen molar-refractivity contribution in [1.29, 1.82) is 0 Å². The molecule has 1 amide bonds. The van der Waals surface area contributed by atoms with Crippen molar-refractivity contribution in [1.82, 2.24) is 5.01 Å². The van der Waals surface area contributed by atoms with Crippen molar-refractivity contribution in [3.63, 3.8) is 0 Å². The van der Waals surface area contributed by atoms with Gasteiger partial charge in [0.05, 0.1) is 5.71 Å². The Kier molecular flexibility index (Phi) is 5.78. The van der Waals surface area contributed by atoms with E-state index in [1.807, 2.05) is 0 Å². The van der Waals surface area contributed by atoms with E-state index in [9.17, 15) is 14.4 Å². The lowest BCUT2D eigenvalue weighted by Gasteiger charge is -2.27. The average Bonchev–Trinajstić information content (AvgIpc) is 2.99. The van der Waals surface area contributed by atoms with Crippen LogP contribution >= 0.6 is 0 Å². The molecule has 134 valence electrons. The van der Waals surface area contributed by atoms with Crippen LogP contribution < -0.4 is 0 Å². The zero-order valence-electron chi connectivity index (χ0n) is 15.1. The van der Waals surface area contributed by atoms with Crippen molar-refractivity contribution >= 4 is 23.4 Å². The number of carbonyl (C=O) groups excluding carboxylic acids is 3. The predicted octanol–water partition coefficient (Wildman–Crippen LogP) is 3.34. The summed E-state index contributed by atoms with van der Waals surface area (Å²) in [5, 5.41) is 5.38. The molecule has 1 unspecified atom stereocenters. The zero-order chi connectivity index (χ0) is 17.9. The first-order valence-corrected chi connectivity index (χ1v) is 8.79. The van der Waals surface area contributed by atoms with Crippen LogP contribution in [0.5, 0.6) is 0 Å². The van der Waals surface area contributed by atoms with Gasteiger partial charge in [-0.05, 0) is 46.5 Å². The first kappa shape index (κ1) is 18.6. The molecule has 0 N–H and O–H groups in total. The maximum Gasteiger partial charge on any atom is 0.430 e. The van der Waals surface area contributed by atoms with Gasteiger partial charge in [-0.2, -0.15) is 5.10 Å². The Morgan fingerprint density at radius 1 is 1.12 bits per heavy atom. The Labute approximate surface area is 143 Å². The Balaban J connectivity index is 2.16. The number of hydrogen-bond donors (Lipinski definition) is 0. The minimum absolute atomic E-state index is 0.00598. The standard InChI is InChI=1S/C18H28N2O4/c1-18(2,3)24-17(23)20(4)19-13-10-7-11-14(21)15(13)16(22)12-8-5-6-9-12/h12,15H,5-11H2,1-4H3/b19-13+. The maximum absolute atomic E-state index is 12.8. The molecular formula is C18H28N2O4. The third kappa shape index (κ3) is 4.65. The van der Waals surface area contributed by atoms with E-state index in [1.54, 1.807) is 20.8 Å². The molecule has 0 aromatic heterocycles. The van der Waals surface area contributed by atoms with Gasteiger partial charge in [0, 0.05) is 19.4 Å². The van der Waals surface area contributed by atoms with Gasteiger partial charge in [-0.3, -0.25) is 9.59 Å². The number of Topliss-reactive ketones (excluding diaryl/α,β-unsaturated/α-hetero) is 2. The van der Waals surface area contributed by atoms with E-state index in [0.29, 0.717) is 25.0 Å². The molecule has 2 aliphatic carbocycles. The minimum atomic E-state index is -0.772. The molecule has 0 aromatic carbocycles. The number of hydrogen-bond acceptors (Lipinski definition) is 5. The second-order valence-electron chi connectivity index (χ2n) is 7.73. The van der Waals surface area contributed by atoms with E-state index in [4.69, 9.17) is 4.74 Å². The van der Waals surface area contributed by atoms with Gasteiger partial charge in [0.2, 0.25) is 0 Å². The molecule has 2 saturated carbocycles. The summed E-state index contributed by atoms with van der Waals surface area (Å²) >= 11 is 0. The van der Waals surface area contributed by atoms with E-state index >= 15 is 0 Å². The van der Waals surface area contributed by atoms with Crippen LogP contribution in [-0.4, -0.2) is 41.0 Å². The molecular weight excluding hydrogens is 308 g/mol. The van der Waals surface area contributed by atoms with E-state index in [-0.39, 0.29) is 17.5 Å². The molecule has 2 rings (SSSR count). The zero-order valence-corrected chi connectivity index (χ0v) is 15.1. The molecule has 1 atom stereocenters. The van der Waals surface area contributed by atoms with Gasteiger partial charge in [0.25, 0.3) is 0 Å². The molecule has 0 aliphatic heterocycles. The molecule has 0 bridgehead atoms. The Morgan fingerprint density at radius 3 is 2.33 bits per heavy atom. The molecule has 6 heteroatoms. The van der Waals surface area contributed by atoms with Crippen LogP contribution in [0.15, 0.2) is 5.10 Å². The van der Waals surface area contributed by atoms with Crippen molar-refractivity contribution in [2.24, 2.45) is 16.9 Å². The lowest BCUT2D eigenvalue weighted by molar-refractivity contribution is -0.132. The topological polar surface area (TPSA) is 76.0 Å². The summed E-state index contributed by atoms with van der Waals surface area (Å²) in [5.41, 5.74) is -0.107. The largest absolute Gasteiger partial charge is 0.442 e. The first-order valence-electron chi connectivity index (χ1n) is 8.79. The van der Waals surface area contributed by atoms with Crippen LogP contribution in [0.3, 0.4) is 0 Å². The maximum atomic E-state index is 12.8. The summed E-state index contributed by atoms with van der Waals surface area (Å²) in [5.74, 6) is -0.871. The molecule has 24 heavy (non-hydrogen) atoms. The molecule has 0 radical (unpaired) electrons. The van der Waals surface area contributed by atoms with Crippen LogP contribution in [0, 0.1) is 11.8 Å². The molecule has 2 fully saturated rings. The highest BCUT2D eigenvalue weighted by molar-refractivity contribution is 6.22. The molecule has 0 heterocycles. The SMILES string of the molecule is CN(/N=C1\CCCC(=O)C1C(=O)C1CCCC1)C(=O)OC(C)(C)C. The van der Waals surface area contributed by atoms with Gasteiger partial charge in [-0.25, -0.2) is 9.80 Å². The lowest BCUT2D eigenvalue weighted by atomic mass is 9.79. The smallest absolute Gasteiger partial charge is 0.430 e. The van der Waals surface area contributed by atoms with Gasteiger partial charge >= 0.3 is 6.09 Å². The normalized spacial score (nSPS) is 24.2. The lowest BCUT2D eigenvalue weighted by Crippen LogP contribution is -2.40. The number of rotatable bonds is 3. The Hall–Kier alpha value is -1.72. The van der Waals surface area contributed by atoms with Crippen molar-refractivity contribution < 1.29 is 19.1 Å². The van der Waals surface area contributed by atoms with Crippen LogP contribution in [0.2, 0.25) is 0 Å². The summed E-state index contributed by atoms with van der Waals surface area (Å²) in [6.07, 6.45) is 4.88. The number of amides is 1. The fourth-order valence-electron chi connectivity index (χ4n) is 3.36. The average molecular weight is 336 g/mol. The van der Waals surface area contributed by atoms with Crippen molar-refractivity contribution in [2.75, 3.05) is 7.05 Å². The minimum Gasteiger partial charge on any atom is -0.442 e. The monoisotopic (exact) mass is 336 g/mol. The number of hydrazone groups is 1. The fourth-order valence-corrected chi connectivity index (χ4v) is 3.36. The third-order valence-electron chi connectivity index (χ3n) is 4.49.